The molecule has 2 amide bonds. The monoisotopic (exact) mass is 479 g/mol. The van der Waals surface area contributed by atoms with Gasteiger partial charge in [0.25, 0.3) is 11.8 Å². The largest absolute Gasteiger partial charge is 0.505 e. The molecule has 33 heavy (non-hydrogen) atoms. The van der Waals surface area contributed by atoms with Gasteiger partial charge in [0.2, 0.25) is 0 Å². The highest BCUT2D eigenvalue weighted by Crippen LogP contribution is 2.35. The number of benzene rings is 2. The first-order valence-electron chi connectivity index (χ1n) is 9.87. The quantitative estimate of drug-likeness (QED) is 0.519. The zero-order valence-electron chi connectivity index (χ0n) is 17.2. The molecule has 1 atom stereocenters. The van der Waals surface area contributed by atoms with Gasteiger partial charge < -0.3 is 15.3 Å². The summed E-state index contributed by atoms with van der Waals surface area (Å²) in [7, 11) is 0. The molecule has 1 saturated heterocycles. The second-order valence-electron chi connectivity index (χ2n) is 7.52. The Hall–Kier alpha value is -3.47. The molecule has 2 aromatic carbocycles. The summed E-state index contributed by atoms with van der Waals surface area (Å²) in [5.74, 6) is -6.85. The second kappa shape index (κ2) is 8.81. The van der Waals surface area contributed by atoms with Crippen LogP contribution in [-0.4, -0.2) is 33.3 Å². The van der Waals surface area contributed by atoms with Crippen LogP contribution in [0.25, 0.3) is 0 Å². The molecular formula is C22H17F4N3O3S. The fourth-order valence-corrected chi connectivity index (χ4v) is 4.54. The van der Waals surface area contributed by atoms with Gasteiger partial charge in [0.15, 0.2) is 23.2 Å². The summed E-state index contributed by atoms with van der Waals surface area (Å²) < 4.78 is 55.3. The number of carbonyl (C=O) groups is 2. The average molecular weight is 479 g/mol. The van der Waals surface area contributed by atoms with Crippen molar-refractivity contribution < 1.29 is 32.3 Å². The molecular weight excluding hydrogens is 462 g/mol. The van der Waals surface area contributed by atoms with Gasteiger partial charge in [0.1, 0.15) is 16.5 Å². The molecule has 1 aromatic heterocycles. The number of nitrogens with zero attached hydrogens (tertiary/aromatic N) is 2. The molecule has 11 heteroatoms. The number of likely N-dealkylation sites (tertiary alicyclic amines) is 1. The summed E-state index contributed by atoms with van der Waals surface area (Å²) in [6.07, 6.45) is 1.12. The highest BCUT2D eigenvalue weighted by molar-refractivity contribution is 7.10. The fraction of sp³-hybridized carbons (Fsp3) is 0.227. The number of anilines is 1. The van der Waals surface area contributed by atoms with Gasteiger partial charge in [-0.3, -0.25) is 9.59 Å². The Kier molecular flexibility index (Phi) is 6.07. The Labute approximate surface area is 189 Å². The lowest BCUT2D eigenvalue weighted by Crippen LogP contribution is -2.31. The standard InChI is InChI=1S/C22H17F4N3O3S/c1-10-4-5-11(19(26)18(10)25)22(32)29-6-2-3-16(29)21-28-15(9-33-21)20(31)27-14-8-17(30)13(24)7-12(14)23/h4-5,7-9,16,30H,2-3,6H2,1H3,(H,27,31). The zero-order valence-corrected chi connectivity index (χ0v) is 18.0. The number of hydrogen-bond acceptors (Lipinski definition) is 5. The molecule has 6 nitrogen and oxygen atoms in total. The predicted molar refractivity (Wildman–Crippen MR) is 112 cm³/mol. The molecule has 1 unspecified atom stereocenters. The van der Waals surface area contributed by atoms with Crippen molar-refractivity contribution in [3.05, 3.63) is 74.7 Å². The van der Waals surface area contributed by atoms with Crippen molar-refractivity contribution >= 4 is 28.8 Å². The number of phenols is 1. The summed E-state index contributed by atoms with van der Waals surface area (Å²) in [4.78, 5) is 31.0. The maximum Gasteiger partial charge on any atom is 0.275 e. The Morgan fingerprint density at radius 3 is 2.67 bits per heavy atom. The van der Waals surface area contributed by atoms with Crippen molar-refractivity contribution in [1.82, 2.24) is 9.88 Å². The Morgan fingerprint density at radius 2 is 1.91 bits per heavy atom. The minimum Gasteiger partial charge on any atom is -0.505 e. The lowest BCUT2D eigenvalue weighted by Gasteiger charge is -2.23. The number of thiazole rings is 1. The summed E-state index contributed by atoms with van der Waals surface area (Å²) in [5, 5.41) is 13.4. The Bertz CT molecular complexity index is 1260. The predicted octanol–water partition coefficient (Wildman–Crippen LogP) is 4.94. The van der Waals surface area contributed by atoms with Gasteiger partial charge in [-0.2, -0.15) is 0 Å². The number of halogens is 4. The van der Waals surface area contributed by atoms with E-state index in [4.69, 9.17) is 0 Å². The molecule has 172 valence electrons. The first-order chi connectivity index (χ1) is 15.7. The van der Waals surface area contributed by atoms with E-state index in [0.29, 0.717) is 30.5 Å². The first-order valence-corrected chi connectivity index (χ1v) is 10.8. The van der Waals surface area contributed by atoms with Gasteiger partial charge in [-0.1, -0.05) is 6.07 Å². The Balaban J connectivity index is 1.54. The number of aromatic hydroxyl groups is 1. The van der Waals surface area contributed by atoms with Gasteiger partial charge in [-0.05, 0) is 31.4 Å². The molecule has 1 aliphatic heterocycles. The molecule has 0 aliphatic carbocycles. The van der Waals surface area contributed by atoms with Crippen LogP contribution in [-0.2, 0) is 0 Å². The molecule has 2 N–H and O–H groups in total. The summed E-state index contributed by atoms with van der Waals surface area (Å²) in [6.45, 7) is 1.70. The molecule has 0 bridgehead atoms. The highest BCUT2D eigenvalue weighted by Gasteiger charge is 2.34. The molecule has 0 radical (unpaired) electrons. The van der Waals surface area contributed by atoms with Gasteiger partial charge in [-0.25, -0.2) is 22.5 Å². The fourth-order valence-electron chi connectivity index (χ4n) is 3.60. The normalized spacial score (nSPS) is 15.7. The van der Waals surface area contributed by atoms with E-state index in [1.807, 2.05) is 0 Å². The molecule has 0 saturated carbocycles. The maximum absolute atomic E-state index is 14.3. The van der Waals surface area contributed by atoms with Crippen molar-refractivity contribution in [3.63, 3.8) is 0 Å². The molecule has 1 fully saturated rings. The van der Waals surface area contributed by atoms with Crippen molar-refractivity contribution in [2.75, 3.05) is 11.9 Å². The number of rotatable bonds is 4. The van der Waals surface area contributed by atoms with Crippen LogP contribution in [0.5, 0.6) is 5.75 Å². The first kappa shape index (κ1) is 22.7. The van der Waals surface area contributed by atoms with Crippen LogP contribution in [0, 0.1) is 30.2 Å². The Morgan fingerprint density at radius 1 is 1.15 bits per heavy atom. The number of nitrogens with one attached hydrogen (secondary N) is 1. The number of hydrogen-bond donors (Lipinski definition) is 2. The second-order valence-corrected chi connectivity index (χ2v) is 8.41. The van der Waals surface area contributed by atoms with E-state index in [-0.39, 0.29) is 16.8 Å². The zero-order chi connectivity index (χ0) is 23.9. The van der Waals surface area contributed by atoms with Crippen molar-refractivity contribution in [1.29, 1.82) is 0 Å². The van der Waals surface area contributed by atoms with Crippen LogP contribution in [0.1, 0.15) is 50.3 Å². The third-order valence-electron chi connectivity index (χ3n) is 5.34. The van der Waals surface area contributed by atoms with Gasteiger partial charge in [0, 0.05) is 24.1 Å². The van der Waals surface area contributed by atoms with E-state index < -0.39 is 52.6 Å². The molecule has 1 aliphatic rings. The minimum absolute atomic E-state index is 0.0786. The number of carbonyl (C=O) groups excluding carboxylic acids is 2. The van der Waals surface area contributed by atoms with E-state index in [1.165, 1.54) is 29.3 Å². The van der Waals surface area contributed by atoms with Crippen LogP contribution in [0.2, 0.25) is 0 Å². The smallest absolute Gasteiger partial charge is 0.275 e. The van der Waals surface area contributed by atoms with Gasteiger partial charge >= 0.3 is 0 Å². The van der Waals surface area contributed by atoms with Gasteiger partial charge in [0.05, 0.1) is 17.3 Å². The van der Waals surface area contributed by atoms with Crippen LogP contribution in [0.4, 0.5) is 23.2 Å². The number of phenolic OH excluding ortho intramolecular Hbond substituents is 1. The molecule has 2 heterocycles. The van der Waals surface area contributed by atoms with Crippen molar-refractivity contribution in [3.8, 4) is 5.75 Å². The van der Waals surface area contributed by atoms with Crippen molar-refractivity contribution in [2.45, 2.75) is 25.8 Å². The highest BCUT2D eigenvalue weighted by atomic mass is 32.1. The lowest BCUT2D eigenvalue weighted by atomic mass is 10.1. The van der Waals surface area contributed by atoms with Crippen LogP contribution < -0.4 is 5.32 Å². The molecule has 4 rings (SSSR count). The van der Waals surface area contributed by atoms with Crippen molar-refractivity contribution in [2.24, 2.45) is 0 Å². The number of amides is 2. The summed E-state index contributed by atoms with van der Waals surface area (Å²) in [6, 6.07) is 3.20. The van der Waals surface area contributed by atoms with Crippen LogP contribution in [0.3, 0.4) is 0 Å². The SMILES string of the molecule is Cc1ccc(C(=O)N2CCCC2c2nc(C(=O)Nc3cc(O)c(F)cc3F)cs2)c(F)c1F. The lowest BCUT2D eigenvalue weighted by molar-refractivity contribution is 0.0729. The minimum atomic E-state index is -1.21. The molecule has 3 aromatic rings. The van der Waals surface area contributed by atoms with Gasteiger partial charge in [-0.15, -0.1) is 11.3 Å². The van der Waals surface area contributed by atoms with E-state index in [2.05, 4.69) is 10.3 Å². The summed E-state index contributed by atoms with van der Waals surface area (Å²) in [5.41, 5.74) is -0.803. The third-order valence-corrected chi connectivity index (χ3v) is 6.29. The van der Waals surface area contributed by atoms with E-state index in [0.717, 1.165) is 17.4 Å². The van der Waals surface area contributed by atoms with E-state index >= 15 is 0 Å². The topological polar surface area (TPSA) is 82.5 Å². The average Bonchev–Trinajstić information content (AvgIpc) is 3.45. The van der Waals surface area contributed by atoms with E-state index in [9.17, 15) is 32.3 Å². The van der Waals surface area contributed by atoms with Crippen LogP contribution >= 0.6 is 11.3 Å². The summed E-state index contributed by atoms with van der Waals surface area (Å²) >= 11 is 1.08. The number of aromatic nitrogens is 1. The molecule has 0 spiro atoms. The third kappa shape index (κ3) is 4.28. The number of aryl methyl sites for hydroxylation is 1. The van der Waals surface area contributed by atoms with E-state index in [1.54, 1.807) is 0 Å². The maximum atomic E-state index is 14.3. The van der Waals surface area contributed by atoms with Crippen LogP contribution in [0.15, 0.2) is 29.6 Å².